The molecular formula is C20H22N2O7S. The van der Waals surface area contributed by atoms with Gasteiger partial charge >= 0.3 is 5.97 Å². The van der Waals surface area contributed by atoms with Crippen LogP contribution in [0.1, 0.15) is 10.4 Å². The van der Waals surface area contributed by atoms with Gasteiger partial charge in [0.2, 0.25) is 10.0 Å². The molecule has 9 nitrogen and oxygen atoms in total. The first-order valence-corrected chi connectivity index (χ1v) is 10.6. The Bertz CT molecular complexity index is 1000. The van der Waals surface area contributed by atoms with E-state index in [2.05, 4.69) is 5.32 Å². The molecule has 10 heteroatoms. The lowest BCUT2D eigenvalue weighted by atomic mass is 10.2. The summed E-state index contributed by atoms with van der Waals surface area (Å²) < 4.78 is 41.8. The smallest absolute Gasteiger partial charge is 0.342 e. The summed E-state index contributed by atoms with van der Waals surface area (Å²) in [5, 5.41) is 2.56. The topological polar surface area (TPSA) is 111 Å². The molecule has 0 bridgehead atoms. The maximum absolute atomic E-state index is 12.6. The van der Waals surface area contributed by atoms with E-state index in [0.29, 0.717) is 37.7 Å². The molecule has 2 aromatic rings. The second-order valence-electron chi connectivity index (χ2n) is 6.37. The van der Waals surface area contributed by atoms with Crippen LogP contribution in [0, 0.1) is 0 Å². The standard InChI is InChI=1S/C20H22N2O7S/c1-27-18-5-3-2-4-17(18)20(24)29-14-19(23)21-15-6-8-16(9-7-15)30(25,26)22-10-12-28-13-11-22/h2-9H,10-14H2,1H3,(H,21,23). The highest BCUT2D eigenvalue weighted by Gasteiger charge is 2.26. The Labute approximate surface area is 174 Å². The number of hydrogen-bond donors (Lipinski definition) is 1. The third-order valence-electron chi connectivity index (χ3n) is 4.41. The molecule has 1 amide bonds. The van der Waals surface area contributed by atoms with Gasteiger partial charge in [0.15, 0.2) is 6.61 Å². The van der Waals surface area contributed by atoms with E-state index in [1.165, 1.54) is 41.7 Å². The maximum Gasteiger partial charge on any atom is 0.342 e. The number of esters is 1. The van der Waals surface area contributed by atoms with Gasteiger partial charge in [0, 0.05) is 18.8 Å². The van der Waals surface area contributed by atoms with Gasteiger partial charge in [-0.05, 0) is 36.4 Å². The van der Waals surface area contributed by atoms with E-state index in [1.54, 1.807) is 18.2 Å². The van der Waals surface area contributed by atoms with Crippen LogP contribution in [0.2, 0.25) is 0 Å². The predicted octanol–water partition coefficient (Wildman–Crippen LogP) is 1.51. The van der Waals surface area contributed by atoms with Gasteiger partial charge in [-0.3, -0.25) is 4.79 Å². The number of amides is 1. The number of carbonyl (C=O) groups excluding carboxylic acids is 2. The van der Waals surface area contributed by atoms with Gasteiger partial charge in [-0.15, -0.1) is 0 Å². The summed E-state index contributed by atoms with van der Waals surface area (Å²) in [5.41, 5.74) is 0.597. The number of morpholine rings is 1. The van der Waals surface area contributed by atoms with Gasteiger partial charge in [-0.25, -0.2) is 13.2 Å². The quantitative estimate of drug-likeness (QED) is 0.658. The van der Waals surface area contributed by atoms with E-state index in [0.717, 1.165) is 0 Å². The molecule has 1 aliphatic heterocycles. The van der Waals surface area contributed by atoms with Crippen LogP contribution in [-0.4, -0.2) is 64.6 Å². The number of carbonyl (C=O) groups is 2. The Morgan fingerprint density at radius 1 is 1.07 bits per heavy atom. The fourth-order valence-electron chi connectivity index (χ4n) is 2.87. The first kappa shape index (κ1) is 21.8. The Kier molecular flexibility index (Phi) is 7.03. The number of benzene rings is 2. The second-order valence-corrected chi connectivity index (χ2v) is 8.30. The number of ether oxygens (including phenoxy) is 3. The Morgan fingerprint density at radius 3 is 2.40 bits per heavy atom. The first-order chi connectivity index (χ1) is 14.4. The van der Waals surface area contributed by atoms with Gasteiger partial charge < -0.3 is 19.5 Å². The minimum absolute atomic E-state index is 0.130. The Hall–Kier alpha value is -2.95. The van der Waals surface area contributed by atoms with Gasteiger partial charge in [-0.2, -0.15) is 4.31 Å². The van der Waals surface area contributed by atoms with E-state index in [-0.39, 0.29) is 10.5 Å². The van der Waals surface area contributed by atoms with Crippen LogP contribution in [0.25, 0.3) is 0 Å². The Morgan fingerprint density at radius 2 is 1.73 bits per heavy atom. The summed E-state index contributed by atoms with van der Waals surface area (Å²) in [6.07, 6.45) is 0. The summed E-state index contributed by atoms with van der Waals surface area (Å²) in [6, 6.07) is 12.3. The third-order valence-corrected chi connectivity index (χ3v) is 6.32. The molecule has 0 aliphatic carbocycles. The predicted molar refractivity (Wildman–Crippen MR) is 108 cm³/mol. The molecule has 30 heavy (non-hydrogen) atoms. The number of rotatable bonds is 7. The van der Waals surface area contributed by atoms with Crippen LogP contribution in [0.3, 0.4) is 0 Å². The Balaban J connectivity index is 1.56. The van der Waals surface area contributed by atoms with E-state index in [4.69, 9.17) is 14.2 Å². The monoisotopic (exact) mass is 434 g/mol. The number of hydrogen-bond acceptors (Lipinski definition) is 7. The normalized spacial score (nSPS) is 14.7. The van der Waals surface area contributed by atoms with Crippen molar-refractivity contribution in [1.82, 2.24) is 4.31 Å². The first-order valence-electron chi connectivity index (χ1n) is 9.20. The number of nitrogens with one attached hydrogen (secondary N) is 1. The van der Waals surface area contributed by atoms with Crippen molar-refractivity contribution in [2.24, 2.45) is 0 Å². The summed E-state index contributed by atoms with van der Waals surface area (Å²) in [5.74, 6) is -0.892. The summed E-state index contributed by atoms with van der Waals surface area (Å²) in [7, 11) is -2.17. The van der Waals surface area contributed by atoms with Crippen molar-refractivity contribution in [1.29, 1.82) is 0 Å². The second kappa shape index (κ2) is 9.70. The zero-order valence-electron chi connectivity index (χ0n) is 16.4. The van der Waals surface area contributed by atoms with E-state index in [9.17, 15) is 18.0 Å². The van der Waals surface area contributed by atoms with Crippen LogP contribution >= 0.6 is 0 Å². The number of para-hydroxylation sites is 1. The highest BCUT2D eigenvalue weighted by Crippen LogP contribution is 2.20. The van der Waals surface area contributed by atoms with Crippen molar-refractivity contribution in [2.45, 2.75) is 4.90 Å². The van der Waals surface area contributed by atoms with E-state index in [1.807, 2.05) is 0 Å². The van der Waals surface area contributed by atoms with Crippen molar-refractivity contribution in [2.75, 3.05) is 45.3 Å². The van der Waals surface area contributed by atoms with Crippen LogP contribution < -0.4 is 10.1 Å². The van der Waals surface area contributed by atoms with E-state index >= 15 is 0 Å². The highest BCUT2D eigenvalue weighted by molar-refractivity contribution is 7.89. The summed E-state index contributed by atoms with van der Waals surface area (Å²) in [6.45, 7) is 0.837. The third kappa shape index (κ3) is 5.15. The summed E-state index contributed by atoms with van der Waals surface area (Å²) >= 11 is 0. The lowest BCUT2D eigenvalue weighted by molar-refractivity contribution is -0.119. The summed E-state index contributed by atoms with van der Waals surface area (Å²) in [4.78, 5) is 24.3. The van der Waals surface area contributed by atoms with Crippen LogP contribution in [-0.2, 0) is 24.3 Å². The molecular weight excluding hydrogens is 412 g/mol. The fraction of sp³-hybridized carbons (Fsp3) is 0.300. The molecule has 160 valence electrons. The average Bonchev–Trinajstić information content (AvgIpc) is 2.78. The van der Waals surface area contributed by atoms with Gasteiger partial charge in [0.25, 0.3) is 5.91 Å². The van der Waals surface area contributed by atoms with Crippen molar-refractivity contribution < 1.29 is 32.2 Å². The molecule has 0 radical (unpaired) electrons. The molecule has 1 heterocycles. The van der Waals surface area contributed by atoms with Crippen LogP contribution in [0.4, 0.5) is 5.69 Å². The van der Waals surface area contributed by atoms with Gasteiger partial charge in [-0.1, -0.05) is 12.1 Å². The van der Waals surface area contributed by atoms with Crippen molar-refractivity contribution in [3.63, 3.8) is 0 Å². The molecule has 0 saturated carbocycles. The molecule has 3 rings (SSSR count). The van der Waals surface area contributed by atoms with E-state index < -0.39 is 28.5 Å². The molecule has 1 aliphatic rings. The largest absolute Gasteiger partial charge is 0.496 e. The molecule has 1 N–H and O–H groups in total. The lowest BCUT2D eigenvalue weighted by Crippen LogP contribution is -2.40. The molecule has 1 fully saturated rings. The zero-order chi connectivity index (χ0) is 21.6. The lowest BCUT2D eigenvalue weighted by Gasteiger charge is -2.26. The molecule has 0 unspecified atom stereocenters. The molecule has 2 aromatic carbocycles. The zero-order valence-corrected chi connectivity index (χ0v) is 17.2. The molecule has 0 atom stereocenters. The van der Waals surface area contributed by atoms with Crippen LogP contribution in [0.5, 0.6) is 5.75 Å². The SMILES string of the molecule is COc1ccccc1C(=O)OCC(=O)Nc1ccc(S(=O)(=O)N2CCOCC2)cc1. The van der Waals surface area contributed by atoms with Crippen LogP contribution in [0.15, 0.2) is 53.4 Å². The minimum atomic E-state index is -3.61. The maximum atomic E-state index is 12.6. The van der Waals surface area contributed by atoms with Gasteiger partial charge in [0.05, 0.1) is 25.2 Å². The van der Waals surface area contributed by atoms with Crippen molar-refractivity contribution >= 4 is 27.6 Å². The highest BCUT2D eigenvalue weighted by atomic mass is 32.2. The number of nitrogens with zero attached hydrogens (tertiary/aromatic N) is 1. The fourth-order valence-corrected chi connectivity index (χ4v) is 4.27. The molecule has 0 spiro atoms. The number of sulfonamides is 1. The van der Waals surface area contributed by atoms with Crippen molar-refractivity contribution in [3.8, 4) is 5.75 Å². The van der Waals surface area contributed by atoms with Crippen molar-refractivity contribution in [3.05, 3.63) is 54.1 Å². The van der Waals surface area contributed by atoms with Gasteiger partial charge in [0.1, 0.15) is 11.3 Å². The number of methoxy groups -OCH3 is 1. The average molecular weight is 434 g/mol. The number of anilines is 1. The minimum Gasteiger partial charge on any atom is -0.496 e. The molecule has 0 aromatic heterocycles. The molecule has 1 saturated heterocycles.